The first-order chi connectivity index (χ1) is 16.4. The van der Waals surface area contributed by atoms with E-state index in [1.807, 2.05) is 0 Å². The van der Waals surface area contributed by atoms with E-state index < -0.39 is 10.0 Å². The largest absolute Gasteiger partial charge is 0.339 e. The van der Waals surface area contributed by atoms with Gasteiger partial charge in [-0.15, -0.1) is 4.40 Å². The Hall–Kier alpha value is -4.12. The second kappa shape index (κ2) is 8.67. The predicted molar refractivity (Wildman–Crippen MR) is 124 cm³/mol. The molecule has 0 saturated carbocycles. The van der Waals surface area contributed by atoms with Gasteiger partial charge in [0.1, 0.15) is 10.6 Å². The zero-order valence-electron chi connectivity index (χ0n) is 18.0. The molecule has 0 atom stereocenters. The van der Waals surface area contributed by atoms with Crippen LogP contribution in [0.25, 0.3) is 0 Å². The molecule has 1 aromatic heterocycles. The van der Waals surface area contributed by atoms with Crippen LogP contribution in [0.3, 0.4) is 0 Å². The minimum absolute atomic E-state index is 0.135. The molecule has 11 heteroatoms. The number of carbonyl (C=O) groups is 2. The topological polar surface area (TPSA) is 125 Å². The Morgan fingerprint density at radius 2 is 1.53 bits per heavy atom. The Kier molecular flexibility index (Phi) is 5.54. The van der Waals surface area contributed by atoms with Crippen LogP contribution in [0, 0.1) is 0 Å². The average molecular weight is 477 g/mol. The lowest BCUT2D eigenvalue weighted by atomic mass is 10.1. The van der Waals surface area contributed by atoms with Crippen molar-refractivity contribution in [2.24, 2.45) is 4.40 Å². The summed E-state index contributed by atoms with van der Waals surface area (Å²) in [7, 11) is -3.71. The number of rotatable bonds is 3. The number of amides is 2. The first kappa shape index (κ1) is 21.7. The molecule has 2 aliphatic rings. The van der Waals surface area contributed by atoms with Crippen molar-refractivity contribution < 1.29 is 18.0 Å². The Morgan fingerprint density at radius 3 is 2.21 bits per heavy atom. The van der Waals surface area contributed by atoms with Crippen LogP contribution in [-0.4, -0.2) is 72.0 Å². The van der Waals surface area contributed by atoms with Gasteiger partial charge >= 0.3 is 0 Å². The molecule has 2 aliphatic heterocycles. The number of aromatic nitrogens is 2. The fourth-order valence-electron chi connectivity index (χ4n) is 3.90. The minimum atomic E-state index is -3.71. The van der Waals surface area contributed by atoms with Gasteiger partial charge in [0.05, 0.1) is 6.20 Å². The molecule has 2 aromatic carbocycles. The van der Waals surface area contributed by atoms with Crippen molar-refractivity contribution in [3.8, 4) is 0 Å². The standard InChI is InChI=1S/C23H20N6O4S/c30-22(28-11-13-29(14-12-28)23(31)19-15-24-9-10-25-19)16-5-7-17(8-6-16)26-21-18-3-1-2-4-20(18)34(32,33)27-21/h1-10,15H,11-14H2,(H,26,27). The van der Waals surface area contributed by atoms with Crippen LogP contribution in [0.2, 0.25) is 0 Å². The molecule has 3 heterocycles. The second-order valence-corrected chi connectivity index (χ2v) is 9.36. The molecular weight excluding hydrogens is 456 g/mol. The number of fused-ring (bicyclic) bond motifs is 1. The third-order valence-electron chi connectivity index (χ3n) is 5.66. The molecule has 5 rings (SSSR count). The van der Waals surface area contributed by atoms with Gasteiger partial charge < -0.3 is 15.1 Å². The lowest BCUT2D eigenvalue weighted by Crippen LogP contribution is -2.50. The molecular formula is C23H20N6O4S. The first-order valence-corrected chi connectivity index (χ1v) is 12.0. The summed E-state index contributed by atoms with van der Waals surface area (Å²) in [5.41, 5.74) is 1.91. The number of nitrogens with zero attached hydrogens (tertiary/aromatic N) is 5. The second-order valence-electron chi connectivity index (χ2n) is 7.79. The van der Waals surface area contributed by atoms with Crippen LogP contribution < -0.4 is 5.32 Å². The van der Waals surface area contributed by atoms with Gasteiger partial charge in [0, 0.05) is 55.4 Å². The molecule has 1 fully saturated rings. The molecule has 2 amide bonds. The number of hydrogen-bond donors (Lipinski definition) is 1. The Labute approximate surface area is 196 Å². The first-order valence-electron chi connectivity index (χ1n) is 10.6. The predicted octanol–water partition coefficient (Wildman–Crippen LogP) is 1.64. The maximum atomic E-state index is 12.9. The van der Waals surface area contributed by atoms with Crippen molar-refractivity contribution in [2.75, 3.05) is 31.5 Å². The number of piperazine rings is 1. The minimum Gasteiger partial charge on any atom is -0.339 e. The van der Waals surface area contributed by atoms with Crippen LogP contribution in [0.4, 0.5) is 5.69 Å². The molecule has 34 heavy (non-hydrogen) atoms. The van der Waals surface area contributed by atoms with Crippen LogP contribution in [0.5, 0.6) is 0 Å². The Balaban J connectivity index is 1.22. The van der Waals surface area contributed by atoms with Crippen molar-refractivity contribution in [2.45, 2.75) is 4.90 Å². The van der Waals surface area contributed by atoms with E-state index in [2.05, 4.69) is 19.7 Å². The normalized spacial score (nSPS) is 16.5. The summed E-state index contributed by atoms with van der Waals surface area (Å²) < 4.78 is 28.2. The summed E-state index contributed by atoms with van der Waals surface area (Å²) in [5, 5.41) is 3.02. The Morgan fingerprint density at radius 1 is 0.853 bits per heavy atom. The summed E-state index contributed by atoms with van der Waals surface area (Å²) in [6.07, 6.45) is 4.42. The monoisotopic (exact) mass is 476 g/mol. The summed E-state index contributed by atoms with van der Waals surface area (Å²) in [6.45, 7) is 1.65. The third-order valence-corrected chi connectivity index (χ3v) is 7.00. The molecule has 3 aromatic rings. The van der Waals surface area contributed by atoms with Gasteiger partial charge in [-0.1, -0.05) is 12.1 Å². The fourth-order valence-corrected chi connectivity index (χ4v) is 5.07. The third kappa shape index (κ3) is 4.13. The van der Waals surface area contributed by atoms with E-state index in [-0.39, 0.29) is 28.2 Å². The number of carbonyl (C=O) groups excluding carboxylic acids is 2. The van der Waals surface area contributed by atoms with Gasteiger partial charge in [-0.3, -0.25) is 14.6 Å². The van der Waals surface area contributed by atoms with Crippen molar-refractivity contribution in [1.29, 1.82) is 0 Å². The molecule has 1 saturated heterocycles. The van der Waals surface area contributed by atoms with Gasteiger partial charge in [-0.25, -0.2) is 4.98 Å². The molecule has 0 spiro atoms. The van der Waals surface area contributed by atoms with E-state index in [0.29, 0.717) is 43.0 Å². The van der Waals surface area contributed by atoms with E-state index in [1.165, 1.54) is 24.7 Å². The Bertz CT molecular complexity index is 1380. The van der Waals surface area contributed by atoms with Gasteiger partial charge in [0.25, 0.3) is 21.8 Å². The van der Waals surface area contributed by atoms with Crippen molar-refractivity contribution >= 4 is 33.4 Å². The van der Waals surface area contributed by atoms with Crippen LogP contribution in [-0.2, 0) is 10.0 Å². The zero-order chi connectivity index (χ0) is 23.7. The van der Waals surface area contributed by atoms with E-state index >= 15 is 0 Å². The van der Waals surface area contributed by atoms with E-state index in [9.17, 15) is 18.0 Å². The number of anilines is 1. The van der Waals surface area contributed by atoms with Crippen LogP contribution in [0.1, 0.15) is 26.4 Å². The lowest BCUT2D eigenvalue weighted by Gasteiger charge is -2.34. The molecule has 1 N–H and O–H groups in total. The highest BCUT2D eigenvalue weighted by molar-refractivity contribution is 7.90. The molecule has 0 unspecified atom stereocenters. The van der Waals surface area contributed by atoms with E-state index in [0.717, 1.165) is 0 Å². The molecule has 0 radical (unpaired) electrons. The SMILES string of the molecule is O=C(c1ccc(NC2=NS(=O)(=O)c3ccccc32)cc1)N1CCN(C(=O)c2cnccn2)CC1. The van der Waals surface area contributed by atoms with Gasteiger partial charge in [-0.05, 0) is 36.4 Å². The summed E-state index contributed by atoms with van der Waals surface area (Å²) in [6, 6.07) is 13.4. The summed E-state index contributed by atoms with van der Waals surface area (Å²) in [5.74, 6) is -0.0862. The lowest BCUT2D eigenvalue weighted by molar-refractivity contribution is 0.0532. The summed E-state index contributed by atoms with van der Waals surface area (Å²) >= 11 is 0. The van der Waals surface area contributed by atoms with E-state index in [4.69, 9.17) is 0 Å². The van der Waals surface area contributed by atoms with Gasteiger partial charge in [0.15, 0.2) is 5.84 Å². The smallest absolute Gasteiger partial charge is 0.285 e. The highest BCUT2D eigenvalue weighted by Gasteiger charge is 2.29. The van der Waals surface area contributed by atoms with Gasteiger partial charge in [-0.2, -0.15) is 8.42 Å². The van der Waals surface area contributed by atoms with Crippen LogP contribution in [0.15, 0.2) is 76.4 Å². The highest BCUT2D eigenvalue weighted by Crippen LogP contribution is 2.26. The number of sulfonamides is 1. The molecule has 0 bridgehead atoms. The molecule has 0 aliphatic carbocycles. The number of nitrogens with one attached hydrogen (secondary N) is 1. The highest BCUT2D eigenvalue weighted by atomic mass is 32.2. The number of hydrogen-bond acceptors (Lipinski definition) is 7. The molecule has 172 valence electrons. The molecule has 10 nitrogen and oxygen atoms in total. The van der Waals surface area contributed by atoms with Crippen molar-refractivity contribution in [1.82, 2.24) is 19.8 Å². The van der Waals surface area contributed by atoms with Crippen molar-refractivity contribution in [3.05, 3.63) is 83.9 Å². The maximum absolute atomic E-state index is 12.9. The maximum Gasteiger partial charge on any atom is 0.285 e. The van der Waals surface area contributed by atoms with Gasteiger partial charge in [0.2, 0.25) is 0 Å². The summed E-state index contributed by atoms with van der Waals surface area (Å²) in [4.78, 5) is 36.9. The number of benzene rings is 2. The van der Waals surface area contributed by atoms with Crippen molar-refractivity contribution in [3.63, 3.8) is 0 Å². The fraction of sp³-hybridized carbons (Fsp3) is 0.174. The average Bonchev–Trinajstić information content (AvgIpc) is 3.14. The van der Waals surface area contributed by atoms with E-state index in [1.54, 1.807) is 52.3 Å². The quantitative estimate of drug-likeness (QED) is 0.609. The zero-order valence-corrected chi connectivity index (χ0v) is 18.8. The number of amidine groups is 1. The van der Waals surface area contributed by atoms with Crippen LogP contribution >= 0.6 is 0 Å².